The lowest BCUT2D eigenvalue weighted by Crippen LogP contribution is -2.43. The fourth-order valence-corrected chi connectivity index (χ4v) is 4.76. The Morgan fingerprint density at radius 3 is 2.91 bits per heavy atom. The van der Waals surface area contributed by atoms with Crippen molar-refractivity contribution in [3.8, 4) is 0 Å². The molecule has 14 heteroatoms. The third-order valence-electron chi connectivity index (χ3n) is 5.28. The van der Waals surface area contributed by atoms with Gasteiger partial charge in [-0.25, -0.2) is 28.9 Å². The van der Waals surface area contributed by atoms with Crippen LogP contribution < -0.4 is 11.2 Å². The minimum atomic E-state index is -4.02. The molecule has 2 aromatic heterocycles. The van der Waals surface area contributed by atoms with Gasteiger partial charge in [-0.2, -0.15) is 5.10 Å². The second-order valence-electron chi connectivity index (χ2n) is 7.83. The molecule has 1 aliphatic heterocycles. The number of hydrogen-bond donors (Lipinski definition) is 2. The summed E-state index contributed by atoms with van der Waals surface area (Å²) in [5, 5.41) is 4.05. The number of rotatable bonds is 7. The van der Waals surface area contributed by atoms with Crippen molar-refractivity contribution in [2.24, 2.45) is 5.50 Å². The summed E-state index contributed by atoms with van der Waals surface area (Å²) in [6.45, 7) is 1.90. The zero-order chi connectivity index (χ0) is 23.8. The van der Waals surface area contributed by atoms with E-state index in [0.29, 0.717) is 6.42 Å². The molecule has 0 radical (unpaired) electrons. The van der Waals surface area contributed by atoms with Gasteiger partial charge in [-0.1, -0.05) is 24.3 Å². The molecular formula is C19H24FN6O6P. The summed E-state index contributed by atoms with van der Waals surface area (Å²) in [6, 6.07) is 0. The van der Waals surface area contributed by atoms with Gasteiger partial charge >= 0.3 is 13.7 Å². The fourth-order valence-electron chi connectivity index (χ4n) is 3.81. The lowest BCUT2D eigenvalue weighted by Gasteiger charge is -2.27. The number of anilines is 1. The van der Waals surface area contributed by atoms with Crippen molar-refractivity contribution in [1.29, 1.82) is 0 Å². The van der Waals surface area contributed by atoms with Crippen LogP contribution in [0.1, 0.15) is 32.1 Å². The van der Waals surface area contributed by atoms with Crippen molar-refractivity contribution in [3.05, 3.63) is 42.5 Å². The first-order valence-corrected chi connectivity index (χ1v) is 11.7. The highest BCUT2D eigenvalue weighted by Crippen LogP contribution is 2.48. The number of aromatic nitrogens is 4. The first-order valence-electron chi connectivity index (χ1n) is 10.1. The Bertz CT molecular complexity index is 1150. The quantitative estimate of drug-likeness (QED) is 0.436. The van der Waals surface area contributed by atoms with E-state index in [1.165, 1.54) is 24.0 Å². The number of carbonyl (C=O) groups is 1. The fraction of sp³-hybridized carbons (Fsp3) is 0.474. The largest absolute Gasteiger partial charge is 0.456 e. The Morgan fingerprint density at radius 2 is 2.21 bits per heavy atom. The maximum Gasteiger partial charge on any atom is 0.403 e. The van der Waals surface area contributed by atoms with E-state index >= 15 is 4.39 Å². The molecular weight excluding hydrogens is 458 g/mol. The smallest absolute Gasteiger partial charge is 0.403 e. The zero-order valence-corrected chi connectivity index (χ0v) is 18.8. The number of nitrogens with two attached hydrogens (primary N) is 2. The van der Waals surface area contributed by atoms with Crippen LogP contribution in [0.25, 0.3) is 5.65 Å². The molecule has 6 unspecified atom stereocenters. The molecule has 178 valence electrons. The number of nitrogens with zero attached hydrogens (tertiary/aromatic N) is 4. The van der Waals surface area contributed by atoms with Crippen LogP contribution in [0.4, 0.5) is 10.2 Å². The van der Waals surface area contributed by atoms with E-state index in [2.05, 4.69) is 15.1 Å². The number of ether oxygens (including phenoxy) is 2. The zero-order valence-electron chi connectivity index (χ0n) is 17.9. The van der Waals surface area contributed by atoms with Crippen molar-refractivity contribution in [2.75, 3.05) is 12.3 Å². The number of esters is 1. The van der Waals surface area contributed by atoms with Crippen LogP contribution in [-0.2, 0) is 27.9 Å². The van der Waals surface area contributed by atoms with E-state index < -0.39 is 50.4 Å². The van der Waals surface area contributed by atoms with Gasteiger partial charge in [0.05, 0.1) is 24.6 Å². The first-order chi connectivity index (χ1) is 15.6. The molecule has 1 fully saturated rings. The highest BCUT2D eigenvalue weighted by Gasteiger charge is 2.58. The van der Waals surface area contributed by atoms with Gasteiger partial charge < -0.3 is 15.2 Å². The molecule has 0 saturated carbocycles. The Morgan fingerprint density at radius 1 is 1.42 bits per heavy atom. The van der Waals surface area contributed by atoms with Crippen molar-refractivity contribution in [1.82, 2.24) is 19.6 Å². The first kappa shape index (κ1) is 23.5. The van der Waals surface area contributed by atoms with Gasteiger partial charge in [-0.15, -0.1) is 0 Å². The van der Waals surface area contributed by atoms with Crippen molar-refractivity contribution < 1.29 is 32.3 Å². The monoisotopic (exact) mass is 482 g/mol. The van der Waals surface area contributed by atoms with Crippen LogP contribution >= 0.6 is 7.75 Å². The molecule has 6 atom stereocenters. The Balaban J connectivity index is 1.56. The minimum absolute atomic E-state index is 0.0963. The number of alkyl halides is 1. The van der Waals surface area contributed by atoms with Gasteiger partial charge in [0.1, 0.15) is 18.5 Å². The Labute approximate surface area is 188 Å². The molecule has 2 aliphatic rings. The molecule has 1 saturated heterocycles. The van der Waals surface area contributed by atoms with E-state index in [-0.39, 0.29) is 17.2 Å². The van der Waals surface area contributed by atoms with Crippen LogP contribution in [0.5, 0.6) is 0 Å². The normalized spacial score (nSPS) is 31.0. The predicted molar refractivity (Wildman–Crippen MR) is 113 cm³/mol. The molecule has 0 spiro atoms. The number of hydrogen-bond acceptors (Lipinski definition) is 10. The molecule has 4 N–H and O–H groups in total. The topological polar surface area (TPSA) is 166 Å². The number of halogens is 1. The van der Waals surface area contributed by atoms with Crippen molar-refractivity contribution in [3.63, 3.8) is 0 Å². The molecule has 3 heterocycles. The lowest BCUT2D eigenvalue weighted by atomic mass is 9.93. The van der Waals surface area contributed by atoms with Crippen molar-refractivity contribution in [2.45, 2.75) is 50.4 Å². The predicted octanol–water partition coefficient (Wildman–Crippen LogP) is 1.79. The van der Waals surface area contributed by atoms with E-state index in [9.17, 15) is 9.36 Å². The molecule has 0 aromatic carbocycles. The lowest BCUT2D eigenvalue weighted by molar-refractivity contribution is -0.155. The summed E-state index contributed by atoms with van der Waals surface area (Å²) >= 11 is 0. The molecule has 4 rings (SSSR count). The van der Waals surface area contributed by atoms with E-state index in [1.54, 1.807) is 12.2 Å². The van der Waals surface area contributed by atoms with Gasteiger partial charge in [0, 0.05) is 6.92 Å². The summed E-state index contributed by atoms with van der Waals surface area (Å²) in [6.07, 6.45) is 5.72. The number of fused-ring (bicyclic) bond motifs is 1. The Kier molecular flexibility index (Phi) is 6.34. The molecule has 12 nitrogen and oxygen atoms in total. The van der Waals surface area contributed by atoms with Gasteiger partial charge in [-0.3, -0.25) is 13.8 Å². The van der Waals surface area contributed by atoms with E-state index in [4.69, 9.17) is 29.8 Å². The summed E-state index contributed by atoms with van der Waals surface area (Å²) < 4.78 is 51.7. The van der Waals surface area contributed by atoms with Crippen molar-refractivity contribution >= 4 is 25.2 Å². The average molecular weight is 482 g/mol. The summed E-state index contributed by atoms with van der Waals surface area (Å²) in [5.41, 5.74) is 9.71. The van der Waals surface area contributed by atoms with Gasteiger partial charge in [0.25, 0.3) is 0 Å². The number of imidazole rings is 1. The highest BCUT2D eigenvalue weighted by atomic mass is 31.2. The molecule has 2 aromatic rings. The average Bonchev–Trinajstić information content (AvgIpc) is 3.27. The second kappa shape index (κ2) is 8.92. The molecule has 33 heavy (non-hydrogen) atoms. The standard InChI is InChI=1S/C19H24FN6O6P/c1-11(27)30-16-14(9-29-33(22,28)32-12-6-4-3-5-7-12)31-15(19(16,2)20)13-8-23-18-17(21)24-10-25-26(13)18/h3-6,8,10,12,14-16H,7,9H2,1-2H3,(H2,22,28)(H2,21,24,25). The Hall–Kier alpha value is -2.70. The van der Waals surface area contributed by atoms with Gasteiger partial charge in [0.15, 0.2) is 23.2 Å². The number of allylic oxidation sites excluding steroid dienone is 2. The third kappa shape index (κ3) is 4.82. The number of nitrogen functional groups attached to an aromatic ring is 1. The summed E-state index contributed by atoms with van der Waals surface area (Å²) in [5.74, 6) is -0.631. The van der Waals surface area contributed by atoms with Crippen LogP contribution in [0.3, 0.4) is 0 Å². The maximum atomic E-state index is 16.0. The molecule has 0 amide bonds. The van der Waals surface area contributed by atoms with E-state index in [1.807, 2.05) is 12.2 Å². The summed E-state index contributed by atoms with van der Waals surface area (Å²) in [4.78, 5) is 19.7. The van der Waals surface area contributed by atoms with Crippen LogP contribution in [-0.4, -0.2) is 56.1 Å². The SMILES string of the molecule is CC(=O)OC1C(COP(N)(=O)OC2C=CC=CC2)OC(c2cnc3c(N)ncnn23)C1(C)F. The second-order valence-corrected chi connectivity index (χ2v) is 9.38. The highest BCUT2D eigenvalue weighted by molar-refractivity contribution is 7.51. The van der Waals surface area contributed by atoms with Gasteiger partial charge in [0.2, 0.25) is 0 Å². The molecule has 0 bridgehead atoms. The number of carbonyl (C=O) groups excluding carboxylic acids is 1. The minimum Gasteiger partial charge on any atom is -0.456 e. The van der Waals surface area contributed by atoms with E-state index in [0.717, 1.165) is 6.92 Å². The van der Waals surface area contributed by atoms with Gasteiger partial charge in [-0.05, 0) is 13.3 Å². The maximum absolute atomic E-state index is 16.0. The summed E-state index contributed by atoms with van der Waals surface area (Å²) in [7, 11) is -4.02. The molecule has 1 aliphatic carbocycles. The third-order valence-corrected chi connectivity index (χ3v) is 6.35. The van der Waals surface area contributed by atoms with Crippen LogP contribution in [0.15, 0.2) is 36.8 Å². The van der Waals surface area contributed by atoms with Crippen LogP contribution in [0.2, 0.25) is 0 Å². The van der Waals surface area contributed by atoms with Crippen LogP contribution in [0, 0.1) is 0 Å².